The van der Waals surface area contributed by atoms with E-state index in [1.165, 1.54) is 0 Å². The second kappa shape index (κ2) is 3.03. The molecule has 1 aliphatic rings. The fraction of sp³-hybridized carbons (Fsp3) is 0.667. The van der Waals surface area contributed by atoms with E-state index in [1.54, 1.807) is 7.11 Å². The Kier molecular flexibility index (Phi) is 2.00. The van der Waals surface area contributed by atoms with Gasteiger partial charge in [-0.1, -0.05) is 0 Å². The van der Waals surface area contributed by atoms with Crippen LogP contribution in [0.4, 0.5) is 0 Å². The molecule has 0 radical (unpaired) electrons. The first kappa shape index (κ1) is 8.56. The summed E-state index contributed by atoms with van der Waals surface area (Å²) in [4.78, 5) is 6.52. The number of methoxy groups -OCH3 is 1. The number of nitrogens with zero attached hydrogens (tertiary/aromatic N) is 2. The van der Waals surface area contributed by atoms with Crippen LogP contribution in [0.2, 0.25) is 0 Å². The predicted octanol–water partition coefficient (Wildman–Crippen LogP) is 1.23. The maximum atomic E-state index is 5.41. The summed E-state index contributed by atoms with van der Waals surface area (Å²) in [6.07, 6.45) is 1.30. The molecule has 1 aromatic heterocycles. The van der Waals surface area contributed by atoms with Crippen molar-refractivity contribution in [3.63, 3.8) is 0 Å². The van der Waals surface area contributed by atoms with Gasteiger partial charge in [-0.15, -0.1) is 0 Å². The largest absolute Gasteiger partial charge is 0.454 e. The summed E-state index contributed by atoms with van der Waals surface area (Å²) in [7, 11) is 3.67. The number of hydrogen-bond acceptors (Lipinski definition) is 4. The van der Waals surface area contributed by atoms with E-state index in [1.807, 2.05) is 0 Å². The van der Waals surface area contributed by atoms with Crippen LogP contribution in [-0.2, 0) is 6.42 Å². The van der Waals surface area contributed by atoms with Crippen LogP contribution in [0.1, 0.15) is 24.4 Å². The second-order valence-corrected chi connectivity index (χ2v) is 3.40. The van der Waals surface area contributed by atoms with Gasteiger partial charge in [0.15, 0.2) is 0 Å². The number of ether oxygens (including phenoxy) is 1. The molecule has 72 valence electrons. The van der Waals surface area contributed by atoms with Crippen molar-refractivity contribution in [3.05, 3.63) is 11.5 Å². The van der Waals surface area contributed by atoms with Crippen molar-refractivity contribution >= 4 is 0 Å². The molecule has 2 heterocycles. The van der Waals surface area contributed by atoms with Gasteiger partial charge in [-0.05, 0) is 14.0 Å². The highest BCUT2D eigenvalue weighted by Crippen LogP contribution is 2.30. The van der Waals surface area contributed by atoms with Crippen molar-refractivity contribution < 1.29 is 9.15 Å². The standard InChI is InChI=1S/C9H14N2O2/c1-6-8-7(4-5-11(6)2)13-9(10-8)12-3/h6H,4-5H2,1-3H3. The van der Waals surface area contributed by atoms with Gasteiger partial charge in [-0.3, -0.25) is 4.90 Å². The molecule has 0 N–H and O–H groups in total. The van der Waals surface area contributed by atoms with Crippen molar-refractivity contribution in [2.24, 2.45) is 0 Å². The predicted molar refractivity (Wildman–Crippen MR) is 47.8 cm³/mol. The normalized spacial score (nSPS) is 22.8. The summed E-state index contributed by atoms with van der Waals surface area (Å²) < 4.78 is 10.4. The molecule has 0 saturated carbocycles. The Hall–Kier alpha value is -1.03. The molecule has 1 unspecified atom stereocenters. The fourth-order valence-electron chi connectivity index (χ4n) is 1.61. The van der Waals surface area contributed by atoms with Crippen LogP contribution in [0.25, 0.3) is 0 Å². The molecule has 0 fully saturated rings. The third-order valence-corrected chi connectivity index (χ3v) is 2.63. The van der Waals surface area contributed by atoms with Crippen LogP contribution in [0.3, 0.4) is 0 Å². The van der Waals surface area contributed by atoms with E-state index in [-0.39, 0.29) is 0 Å². The maximum absolute atomic E-state index is 5.41. The smallest absolute Gasteiger partial charge is 0.393 e. The summed E-state index contributed by atoms with van der Waals surface area (Å²) >= 11 is 0. The van der Waals surface area contributed by atoms with Crippen LogP contribution in [0.15, 0.2) is 4.42 Å². The van der Waals surface area contributed by atoms with Gasteiger partial charge >= 0.3 is 6.08 Å². The molecule has 0 bridgehead atoms. The first-order valence-electron chi connectivity index (χ1n) is 4.46. The number of hydrogen-bond donors (Lipinski definition) is 0. The molecule has 1 aromatic rings. The van der Waals surface area contributed by atoms with Crippen LogP contribution >= 0.6 is 0 Å². The Morgan fingerprint density at radius 3 is 3.08 bits per heavy atom. The van der Waals surface area contributed by atoms with Gasteiger partial charge in [0.1, 0.15) is 11.5 Å². The van der Waals surface area contributed by atoms with Gasteiger partial charge in [0.05, 0.1) is 13.2 Å². The fourth-order valence-corrected chi connectivity index (χ4v) is 1.61. The first-order chi connectivity index (χ1) is 6.22. The highest BCUT2D eigenvalue weighted by Gasteiger charge is 2.26. The zero-order valence-corrected chi connectivity index (χ0v) is 8.20. The van der Waals surface area contributed by atoms with E-state index < -0.39 is 0 Å². The van der Waals surface area contributed by atoms with Crippen LogP contribution in [0, 0.1) is 0 Å². The molecular weight excluding hydrogens is 168 g/mol. The summed E-state index contributed by atoms with van der Waals surface area (Å²) in [5, 5.41) is 0. The lowest BCUT2D eigenvalue weighted by Crippen LogP contribution is -2.29. The second-order valence-electron chi connectivity index (χ2n) is 3.40. The van der Waals surface area contributed by atoms with Crippen LogP contribution in [-0.4, -0.2) is 30.6 Å². The van der Waals surface area contributed by atoms with Gasteiger partial charge in [-0.2, -0.15) is 4.98 Å². The minimum absolute atomic E-state index is 0.330. The molecule has 2 rings (SSSR count). The Bertz CT molecular complexity index is 309. The summed E-state index contributed by atoms with van der Waals surface area (Å²) in [5.74, 6) is 0.974. The number of aromatic nitrogens is 1. The lowest BCUT2D eigenvalue weighted by molar-refractivity contribution is 0.227. The van der Waals surface area contributed by atoms with E-state index in [0.29, 0.717) is 12.1 Å². The SMILES string of the molecule is COc1nc2c(o1)CCN(C)C2C. The lowest BCUT2D eigenvalue weighted by Gasteiger charge is -2.27. The molecule has 0 spiro atoms. The van der Waals surface area contributed by atoms with E-state index >= 15 is 0 Å². The highest BCUT2D eigenvalue weighted by atomic mass is 16.6. The monoisotopic (exact) mass is 182 g/mol. The minimum Gasteiger partial charge on any atom is -0.454 e. The van der Waals surface area contributed by atoms with Gasteiger partial charge in [0.25, 0.3) is 0 Å². The van der Waals surface area contributed by atoms with Crippen molar-refractivity contribution in [1.82, 2.24) is 9.88 Å². The molecule has 0 aromatic carbocycles. The molecule has 4 nitrogen and oxygen atoms in total. The maximum Gasteiger partial charge on any atom is 0.393 e. The quantitative estimate of drug-likeness (QED) is 0.654. The van der Waals surface area contributed by atoms with Crippen LogP contribution in [0.5, 0.6) is 6.08 Å². The number of oxazole rings is 1. The Morgan fingerprint density at radius 1 is 1.62 bits per heavy atom. The molecule has 13 heavy (non-hydrogen) atoms. The van der Waals surface area contributed by atoms with E-state index in [0.717, 1.165) is 24.4 Å². The average Bonchev–Trinajstić information content (AvgIpc) is 2.55. The highest BCUT2D eigenvalue weighted by molar-refractivity contribution is 5.19. The molecule has 4 heteroatoms. The summed E-state index contributed by atoms with van der Waals surface area (Å²) in [6.45, 7) is 3.15. The lowest BCUT2D eigenvalue weighted by atomic mass is 10.1. The van der Waals surface area contributed by atoms with Crippen molar-refractivity contribution in [2.75, 3.05) is 20.7 Å². The third-order valence-electron chi connectivity index (χ3n) is 2.63. The first-order valence-corrected chi connectivity index (χ1v) is 4.46. The minimum atomic E-state index is 0.330. The molecule has 1 aliphatic heterocycles. The molecule has 0 aliphatic carbocycles. The average molecular weight is 182 g/mol. The van der Waals surface area contributed by atoms with Gasteiger partial charge in [0.2, 0.25) is 0 Å². The molecular formula is C9H14N2O2. The Morgan fingerprint density at radius 2 is 2.38 bits per heavy atom. The Balaban J connectivity index is 2.36. The van der Waals surface area contributed by atoms with Crippen molar-refractivity contribution in [1.29, 1.82) is 0 Å². The third kappa shape index (κ3) is 1.31. The summed E-state index contributed by atoms with van der Waals surface area (Å²) in [5.41, 5.74) is 1.02. The van der Waals surface area contributed by atoms with Gasteiger partial charge in [-0.25, -0.2) is 0 Å². The number of rotatable bonds is 1. The molecule has 1 atom stereocenters. The van der Waals surface area contributed by atoms with Gasteiger partial charge in [0, 0.05) is 13.0 Å². The van der Waals surface area contributed by atoms with Crippen molar-refractivity contribution in [3.8, 4) is 6.08 Å². The zero-order valence-electron chi connectivity index (χ0n) is 8.20. The Labute approximate surface area is 77.5 Å². The van der Waals surface area contributed by atoms with Gasteiger partial charge < -0.3 is 9.15 Å². The number of likely N-dealkylation sites (N-methyl/N-ethyl adjacent to an activating group) is 1. The van der Waals surface area contributed by atoms with E-state index in [4.69, 9.17) is 9.15 Å². The van der Waals surface area contributed by atoms with Crippen LogP contribution < -0.4 is 4.74 Å². The molecule has 0 amide bonds. The summed E-state index contributed by atoms with van der Waals surface area (Å²) in [6, 6.07) is 0.330. The van der Waals surface area contributed by atoms with E-state index in [2.05, 4.69) is 23.9 Å². The zero-order chi connectivity index (χ0) is 9.42. The van der Waals surface area contributed by atoms with Crippen molar-refractivity contribution in [2.45, 2.75) is 19.4 Å². The molecule has 0 saturated heterocycles. The topological polar surface area (TPSA) is 38.5 Å². The number of fused-ring (bicyclic) bond motifs is 1. The van der Waals surface area contributed by atoms with E-state index in [9.17, 15) is 0 Å².